The predicted octanol–water partition coefficient (Wildman–Crippen LogP) is 4.96. The fraction of sp³-hybridized carbons (Fsp3) is 0.278. The van der Waals surface area contributed by atoms with Crippen LogP contribution in [0.1, 0.15) is 23.2 Å². The second kappa shape index (κ2) is 7.53. The van der Waals surface area contributed by atoms with Gasteiger partial charge < -0.3 is 10.2 Å². The smallest absolute Gasteiger partial charge is 0.255 e. The van der Waals surface area contributed by atoms with Crippen molar-refractivity contribution in [3.8, 4) is 0 Å². The number of likely N-dealkylation sites (tertiary alicyclic amines) is 1. The Morgan fingerprint density at radius 2 is 1.83 bits per heavy atom. The van der Waals surface area contributed by atoms with Crippen molar-refractivity contribution in [1.82, 2.24) is 4.90 Å². The first-order valence-electron chi connectivity index (χ1n) is 7.79. The van der Waals surface area contributed by atoms with Crippen molar-refractivity contribution in [2.24, 2.45) is 0 Å². The second-order valence-corrected chi connectivity index (χ2v) is 7.13. The zero-order chi connectivity index (χ0) is 17.1. The maximum atomic E-state index is 12.9. The first-order chi connectivity index (χ1) is 11.5. The van der Waals surface area contributed by atoms with E-state index in [1.54, 1.807) is 30.3 Å². The molecule has 1 aliphatic rings. The summed E-state index contributed by atoms with van der Waals surface area (Å²) in [7, 11) is 0. The number of amides is 1. The van der Waals surface area contributed by atoms with Crippen LogP contribution in [0.2, 0.25) is 5.02 Å². The van der Waals surface area contributed by atoms with E-state index in [2.05, 4.69) is 21.2 Å². The molecule has 0 bridgehead atoms. The zero-order valence-corrected chi connectivity index (χ0v) is 15.3. The topological polar surface area (TPSA) is 32.3 Å². The number of anilines is 1. The van der Waals surface area contributed by atoms with Crippen molar-refractivity contribution >= 4 is 39.1 Å². The van der Waals surface area contributed by atoms with E-state index < -0.39 is 0 Å². The summed E-state index contributed by atoms with van der Waals surface area (Å²) in [6.07, 6.45) is 1.70. The molecule has 0 radical (unpaired) electrons. The van der Waals surface area contributed by atoms with E-state index in [0.29, 0.717) is 23.7 Å². The number of nitrogens with one attached hydrogen (secondary N) is 1. The lowest BCUT2D eigenvalue weighted by Crippen LogP contribution is -2.42. The molecular weight excluding hydrogens is 395 g/mol. The highest BCUT2D eigenvalue weighted by Gasteiger charge is 2.24. The molecule has 1 saturated heterocycles. The molecule has 0 aromatic heterocycles. The van der Waals surface area contributed by atoms with Gasteiger partial charge in [0.2, 0.25) is 0 Å². The van der Waals surface area contributed by atoms with Crippen LogP contribution in [0.15, 0.2) is 46.9 Å². The summed E-state index contributed by atoms with van der Waals surface area (Å²) in [5.41, 5.74) is 1.49. The van der Waals surface area contributed by atoms with Gasteiger partial charge in [-0.1, -0.05) is 11.6 Å². The van der Waals surface area contributed by atoms with Crippen LogP contribution in [-0.2, 0) is 0 Å². The molecule has 0 saturated carbocycles. The summed E-state index contributed by atoms with van der Waals surface area (Å²) in [6, 6.07) is 11.9. The molecule has 1 aliphatic heterocycles. The molecule has 1 amide bonds. The van der Waals surface area contributed by atoms with Crippen molar-refractivity contribution in [1.29, 1.82) is 0 Å². The maximum Gasteiger partial charge on any atom is 0.255 e. The third-order valence-corrected chi connectivity index (χ3v) is 5.08. The Kier molecular flexibility index (Phi) is 5.41. The van der Waals surface area contributed by atoms with Crippen molar-refractivity contribution in [3.63, 3.8) is 0 Å². The van der Waals surface area contributed by atoms with E-state index in [-0.39, 0.29) is 17.8 Å². The molecule has 0 aliphatic carbocycles. The normalized spacial score (nSPS) is 15.4. The Balaban J connectivity index is 1.59. The number of halogens is 3. The third kappa shape index (κ3) is 4.08. The van der Waals surface area contributed by atoms with Gasteiger partial charge in [-0.3, -0.25) is 4.79 Å². The summed E-state index contributed by atoms with van der Waals surface area (Å²) in [6.45, 7) is 1.35. The number of rotatable bonds is 3. The van der Waals surface area contributed by atoms with Gasteiger partial charge >= 0.3 is 0 Å². The Morgan fingerprint density at radius 3 is 2.50 bits per heavy atom. The number of hydrogen-bond acceptors (Lipinski definition) is 2. The average molecular weight is 412 g/mol. The van der Waals surface area contributed by atoms with Gasteiger partial charge in [0.25, 0.3) is 5.91 Å². The number of nitrogens with zero attached hydrogens (tertiary/aromatic N) is 1. The number of piperidine rings is 1. The number of carbonyl (C=O) groups excluding carboxylic acids is 1. The minimum Gasteiger partial charge on any atom is -0.382 e. The largest absolute Gasteiger partial charge is 0.382 e. The van der Waals surface area contributed by atoms with Crippen LogP contribution >= 0.6 is 27.5 Å². The standard InChI is InChI=1S/C18H17BrClFN2O/c19-17-6-1-12(20)11-16(17)18(24)23-9-7-15(8-10-23)22-14-4-2-13(21)3-5-14/h1-6,11,15,22H,7-10H2. The van der Waals surface area contributed by atoms with Gasteiger partial charge in [0.15, 0.2) is 0 Å². The van der Waals surface area contributed by atoms with E-state index in [1.165, 1.54) is 12.1 Å². The van der Waals surface area contributed by atoms with Gasteiger partial charge in [0.05, 0.1) is 5.56 Å². The van der Waals surface area contributed by atoms with Crippen LogP contribution in [0, 0.1) is 5.82 Å². The molecule has 0 atom stereocenters. The minimum atomic E-state index is -0.243. The molecule has 0 unspecified atom stereocenters. The van der Waals surface area contributed by atoms with Crippen LogP contribution in [0.4, 0.5) is 10.1 Å². The molecule has 0 spiro atoms. The Bertz CT molecular complexity index is 730. The summed E-state index contributed by atoms with van der Waals surface area (Å²) < 4.78 is 13.7. The van der Waals surface area contributed by atoms with Crippen LogP contribution in [0.3, 0.4) is 0 Å². The zero-order valence-electron chi connectivity index (χ0n) is 12.9. The lowest BCUT2D eigenvalue weighted by molar-refractivity contribution is 0.0717. The van der Waals surface area contributed by atoms with Gasteiger partial charge in [-0.05, 0) is 71.2 Å². The minimum absolute atomic E-state index is 0.00962. The summed E-state index contributed by atoms with van der Waals surface area (Å²) >= 11 is 9.41. The molecule has 1 heterocycles. The first-order valence-corrected chi connectivity index (χ1v) is 8.96. The Labute approximate surface area is 153 Å². The van der Waals surface area contributed by atoms with Gasteiger partial charge in [-0.15, -0.1) is 0 Å². The van der Waals surface area contributed by atoms with E-state index >= 15 is 0 Å². The number of hydrogen-bond donors (Lipinski definition) is 1. The monoisotopic (exact) mass is 410 g/mol. The van der Waals surface area contributed by atoms with E-state index in [9.17, 15) is 9.18 Å². The molecule has 1 N–H and O–H groups in total. The fourth-order valence-electron chi connectivity index (χ4n) is 2.84. The maximum absolute atomic E-state index is 12.9. The van der Waals surface area contributed by atoms with Crippen molar-refractivity contribution in [3.05, 3.63) is 63.3 Å². The van der Waals surface area contributed by atoms with Crippen LogP contribution in [-0.4, -0.2) is 29.9 Å². The van der Waals surface area contributed by atoms with E-state index in [1.807, 2.05) is 4.90 Å². The van der Waals surface area contributed by atoms with Crippen molar-refractivity contribution < 1.29 is 9.18 Å². The quantitative estimate of drug-likeness (QED) is 0.774. The SMILES string of the molecule is O=C(c1cc(Cl)ccc1Br)N1CCC(Nc2ccc(F)cc2)CC1. The van der Waals surface area contributed by atoms with E-state index in [0.717, 1.165) is 23.0 Å². The molecule has 3 nitrogen and oxygen atoms in total. The highest BCUT2D eigenvalue weighted by molar-refractivity contribution is 9.10. The predicted molar refractivity (Wildman–Crippen MR) is 98.1 cm³/mol. The van der Waals surface area contributed by atoms with Crippen LogP contribution in [0.5, 0.6) is 0 Å². The molecule has 6 heteroatoms. The lowest BCUT2D eigenvalue weighted by Gasteiger charge is -2.33. The first kappa shape index (κ1) is 17.2. The molecule has 2 aromatic carbocycles. The second-order valence-electron chi connectivity index (χ2n) is 5.84. The highest BCUT2D eigenvalue weighted by Crippen LogP contribution is 2.24. The molecular formula is C18H17BrClFN2O. The summed E-state index contributed by atoms with van der Waals surface area (Å²) in [5, 5.41) is 3.94. The van der Waals surface area contributed by atoms with Crippen molar-refractivity contribution in [2.45, 2.75) is 18.9 Å². The summed E-state index contributed by atoms with van der Waals surface area (Å²) in [5.74, 6) is -0.252. The van der Waals surface area contributed by atoms with Crippen LogP contribution in [0.25, 0.3) is 0 Å². The number of benzene rings is 2. The van der Waals surface area contributed by atoms with E-state index in [4.69, 9.17) is 11.6 Å². The molecule has 1 fully saturated rings. The average Bonchev–Trinajstić information content (AvgIpc) is 2.59. The molecule has 126 valence electrons. The molecule has 24 heavy (non-hydrogen) atoms. The summed E-state index contributed by atoms with van der Waals surface area (Å²) in [4.78, 5) is 14.5. The Morgan fingerprint density at radius 1 is 1.17 bits per heavy atom. The van der Waals surface area contributed by atoms with Gasteiger partial charge in [0, 0.05) is 34.3 Å². The third-order valence-electron chi connectivity index (χ3n) is 4.16. The van der Waals surface area contributed by atoms with Gasteiger partial charge in [-0.2, -0.15) is 0 Å². The number of carbonyl (C=O) groups is 1. The molecule has 2 aromatic rings. The highest BCUT2D eigenvalue weighted by atomic mass is 79.9. The molecule has 3 rings (SSSR count). The van der Waals surface area contributed by atoms with Gasteiger partial charge in [-0.25, -0.2) is 4.39 Å². The lowest BCUT2D eigenvalue weighted by atomic mass is 10.0. The fourth-order valence-corrected chi connectivity index (χ4v) is 3.43. The van der Waals surface area contributed by atoms with Crippen molar-refractivity contribution in [2.75, 3.05) is 18.4 Å². The van der Waals surface area contributed by atoms with Gasteiger partial charge in [0.1, 0.15) is 5.82 Å². The Hall–Kier alpha value is -1.59. The van der Waals surface area contributed by atoms with Crippen LogP contribution < -0.4 is 5.32 Å².